The fourth-order valence-corrected chi connectivity index (χ4v) is 1.39. The lowest BCUT2D eigenvalue weighted by Gasteiger charge is -1.95. The number of pyridine rings is 1. The second-order valence-electron chi connectivity index (χ2n) is 2.80. The molecule has 2 aromatic rings. The summed E-state index contributed by atoms with van der Waals surface area (Å²) in [6, 6.07) is 8.90. The van der Waals surface area contributed by atoms with Crippen molar-refractivity contribution in [1.82, 2.24) is 0 Å². The van der Waals surface area contributed by atoms with Gasteiger partial charge in [0.15, 0.2) is 12.0 Å². The summed E-state index contributed by atoms with van der Waals surface area (Å²) in [7, 11) is 1.84. The van der Waals surface area contributed by atoms with Gasteiger partial charge >= 0.3 is 0 Å². The van der Waals surface area contributed by atoms with E-state index in [0.29, 0.717) is 5.52 Å². The third-order valence-electron chi connectivity index (χ3n) is 1.96. The highest BCUT2D eigenvalue weighted by Crippen LogP contribution is 2.11. The smallest absolute Gasteiger partial charge is 0.200 e. The first-order chi connectivity index (χ1) is 5.79. The number of benzene rings is 1. The molecule has 1 heterocycles. The quantitative estimate of drug-likeness (QED) is 0.520. The zero-order valence-electron chi connectivity index (χ0n) is 6.79. The Morgan fingerprint density at radius 1 is 1.17 bits per heavy atom. The van der Waals surface area contributed by atoms with Crippen LogP contribution in [0.15, 0.2) is 36.5 Å². The Bertz CT molecular complexity index is 386. The molecule has 0 amide bonds. The average Bonchev–Trinajstić information content (AvgIpc) is 2.04. The first-order valence-electron chi connectivity index (χ1n) is 3.82. The molecule has 0 aliphatic rings. The molecule has 0 saturated heterocycles. The van der Waals surface area contributed by atoms with Crippen molar-refractivity contribution < 1.29 is 8.96 Å². The van der Waals surface area contributed by atoms with Gasteiger partial charge in [0.05, 0.1) is 0 Å². The summed E-state index contributed by atoms with van der Waals surface area (Å²) >= 11 is 0. The molecule has 0 saturated carbocycles. The van der Waals surface area contributed by atoms with Crippen LogP contribution in [0.2, 0.25) is 0 Å². The molecule has 0 unspecified atom stereocenters. The minimum absolute atomic E-state index is 0.171. The van der Waals surface area contributed by atoms with E-state index in [1.165, 1.54) is 6.07 Å². The van der Waals surface area contributed by atoms with Crippen molar-refractivity contribution in [3.8, 4) is 0 Å². The van der Waals surface area contributed by atoms with E-state index in [4.69, 9.17) is 0 Å². The summed E-state index contributed by atoms with van der Waals surface area (Å²) in [5, 5.41) is 0.931. The summed E-state index contributed by atoms with van der Waals surface area (Å²) in [5.74, 6) is -0.171. The number of fused-ring (bicyclic) bond motifs is 1. The third kappa shape index (κ3) is 0.961. The lowest BCUT2D eigenvalue weighted by atomic mass is 10.2. The van der Waals surface area contributed by atoms with Gasteiger partial charge in [-0.3, -0.25) is 0 Å². The molecule has 1 aromatic carbocycles. The Kier molecular flexibility index (Phi) is 1.54. The molecule has 1 nitrogen and oxygen atoms in total. The SMILES string of the molecule is C[n+]1cccc2cccc(F)c21. The Morgan fingerprint density at radius 3 is 2.67 bits per heavy atom. The normalized spacial score (nSPS) is 10.5. The number of aromatic nitrogens is 1. The summed E-state index contributed by atoms with van der Waals surface area (Å²) in [6.07, 6.45) is 1.84. The topological polar surface area (TPSA) is 3.88 Å². The van der Waals surface area contributed by atoms with Crippen LogP contribution in [0.3, 0.4) is 0 Å². The van der Waals surface area contributed by atoms with E-state index in [2.05, 4.69) is 0 Å². The zero-order valence-corrected chi connectivity index (χ0v) is 6.79. The number of halogens is 1. The highest BCUT2D eigenvalue weighted by Gasteiger charge is 2.08. The lowest BCUT2D eigenvalue weighted by Crippen LogP contribution is -2.28. The zero-order chi connectivity index (χ0) is 8.55. The average molecular weight is 162 g/mol. The second-order valence-corrected chi connectivity index (χ2v) is 2.80. The number of aryl methyl sites for hydroxylation is 1. The van der Waals surface area contributed by atoms with Crippen molar-refractivity contribution in [2.24, 2.45) is 7.05 Å². The van der Waals surface area contributed by atoms with Crippen LogP contribution in [0, 0.1) is 5.82 Å². The van der Waals surface area contributed by atoms with E-state index in [1.54, 1.807) is 10.6 Å². The van der Waals surface area contributed by atoms with Gasteiger partial charge in [-0.15, -0.1) is 0 Å². The Hall–Kier alpha value is -1.44. The monoisotopic (exact) mass is 162 g/mol. The van der Waals surface area contributed by atoms with Gasteiger partial charge in [-0.25, -0.2) is 0 Å². The molecule has 0 spiro atoms. The molecule has 2 heteroatoms. The largest absolute Gasteiger partial charge is 0.248 e. The summed E-state index contributed by atoms with van der Waals surface area (Å²) in [5.41, 5.74) is 0.653. The number of hydrogen-bond donors (Lipinski definition) is 0. The molecule has 0 aliphatic heterocycles. The van der Waals surface area contributed by atoms with E-state index in [0.717, 1.165) is 5.39 Å². The minimum Gasteiger partial charge on any atom is -0.200 e. The van der Waals surface area contributed by atoms with Crippen molar-refractivity contribution in [1.29, 1.82) is 0 Å². The highest BCUT2D eigenvalue weighted by atomic mass is 19.1. The van der Waals surface area contributed by atoms with E-state index in [1.807, 2.05) is 31.4 Å². The van der Waals surface area contributed by atoms with Crippen LogP contribution in [0.4, 0.5) is 4.39 Å². The van der Waals surface area contributed by atoms with Crippen LogP contribution >= 0.6 is 0 Å². The molecule has 0 aliphatic carbocycles. The molecule has 0 atom stereocenters. The van der Waals surface area contributed by atoms with Gasteiger partial charge in [-0.2, -0.15) is 8.96 Å². The number of nitrogens with zero attached hydrogens (tertiary/aromatic N) is 1. The molecule has 60 valence electrons. The van der Waals surface area contributed by atoms with E-state index in [-0.39, 0.29) is 5.82 Å². The molecule has 12 heavy (non-hydrogen) atoms. The number of rotatable bonds is 0. The summed E-state index contributed by atoms with van der Waals surface area (Å²) < 4.78 is 15.0. The van der Waals surface area contributed by atoms with Gasteiger partial charge in [0.2, 0.25) is 5.52 Å². The minimum atomic E-state index is -0.171. The Labute approximate surface area is 70.1 Å². The van der Waals surface area contributed by atoms with Gasteiger partial charge in [0.25, 0.3) is 0 Å². The van der Waals surface area contributed by atoms with Gasteiger partial charge in [-0.05, 0) is 18.2 Å². The molecule has 0 bridgehead atoms. The molecule has 0 fully saturated rings. The van der Waals surface area contributed by atoms with Gasteiger partial charge < -0.3 is 0 Å². The predicted molar refractivity (Wildman–Crippen MR) is 45.1 cm³/mol. The van der Waals surface area contributed by atoms with Gasteiger partial charge in [-0.1, -0.05) is 6.07 Å². The summed E-state index contributed by atoms with van der Waals surface area (Å²) in [6.45, 7) is 0. The lowest BCUT2D eigenvalue weighted by molar-refractivity contribution is -0.645. The fourth-order valence-electron chi connectivity index (χ4n) is 1.39. The molecular weight excluding hydrogens is 153 g/mol. The van der Waals surface area contributed by atoms with Crippen LogP contribution < -0.4 is 4.57 Å². The van der Waals surface area contributed by atoms with Gasteiger partial charge in [0.1, 0.15) is 7.05 Å². The molecule has 0 radical (unpaired) electrons. The fraction of sp³-hybridized carbons (Fsp3) is 0.100. The van der Waals surface area contributed by atoms with Crippen LogP contribution in [0.5, 0.6) is 0 Å². The van der Waals surface area contributed by atoms with Crippen LogP contribution in [0.25, 0.3) is 10.9 Å². The molecular formula is C10H9FN+. The molecule has 0 N–H and O–H groups in total. The maximum absolute atomic E-state index is 13.2. The standard InChI is InChI=1S/C10H9FN/c1-12-7-3-5-8-4-2-6-9(11)10(8)12/h2-7H,1H3/q+1. The molecule has 2 rings (SSSR count). The van der Waals surface area contributed by atoms with Crippen LogP contribution in [-0.4, -0.2) is 0 Å². The number of hydrogen-bond acceptors (Lipinski definition) is 0. The predicted octanol–water partition coefficient (Wildman–Crippen LogP) is 1.80. The van der Waals surface area contributed by atoms with Crippen LogP contribution in [0.1, 0.15) is 0 Å². The summed E-state index contributed by atoms with van der Waals surface area (Å²) in [4.78, 5) is 0. The van der Waals surface area contributed by atoms with Crippen molar-refractivity contribution in [2.75, 3.05) is 0 Å². The first kappa shape index (κ1) is 7.22. The Balaban J connectivity index is 2.96. The van der Waals surface area contributed by atoms with E-state index in [9.17, 15) is 4.39 Å². The molecule has 1 aromatic heterocycles. The van der Waals surface area contributed by atoms with Crippen molar-refractivity contribution in [3.05, 3.63) is 42.3 Å². The van der Waals surface area contributed by atoms with Gasteiger partial charge in [0, 0.05) is 11.5 Å². The van der Waals surface area contributed by atoms with Crippen molar-refractivity contribution in [3.63, 3.8) is 0 Å². The maximum atomic E-state index is 13.2. The van der Waals surface area contributed by atoms with Crippen LogP contribution in [-0.2, 0) is 7.05 Å². The Morgan fingerprint density at radius 2 is 1.92 bits per heavy atom. The van der Waals surface area contributed by atoms with E-state index < -0.39 is 0 Å². The maximum Gasteiger partial charge on any atom is 0.248 e. The third-order valence-corrected chi connectivity index (χ3v) is 1.96. The van der Waals surface area contributed by atoms with E-state index >= 15 is 0 Å². The highest BCUT2D eigenvalue weighted by molar-refractivity contribution is 5.75. The number of para-hydroxylation sites is 1. The van der Waals surface area contributed by atoms with Crippen molar-refractivity contribution >= 4 is 10.9 Å². The van der Waals surface area contributed by atoms with Crippen molar-refractivity contribution in [2.45, 2.75) is 0 Å². The second kappa shape index (κ2) is 2.55. The first-order valence-corrected chi connectivity index (χ1v) is 3.82.